The molecule has 3 N–H and O–H groups in total. The van der Waals surface area contributed by atoms with Crippen molar-refractivity contribution < 1.29 is 43.8 Å². The molecule has 210 valence electrons. The number of rotatable bonds is 15. The zero-order chi connectivity index (χ0) is 27.9. The first-order chi connectivity index (χ1) is 19.5. The minimum absolute atomic E-state index is 0.134. The first-order valence-corrected chi connectivity index (χ1v) is 13.7. The Kier molecular flexibility index (Phi) is 9.27. The van der Waals surface area contributed by atoms with E-state index in [4.69, 9.17) is 28.8 Å². The summed E-state index contributed by atoms with van der Waals surface area (Å²) in [4.78, 5) is 14.4. The molecular weight excluding hydrogens is 536 g/mol. The van der Waals surface area contributed by atoms with Crippen LogP contribution >= 0.6 is 11.3 Å². The number of ketones is 1. The maximum Gasteiger partial charge on any atom is 0.195 e. The molecule has 4 aromatic rings. The summed E-state index contributed by atoms with van der Waals surface area (Å²) >= 11 is 1.42. The monoisotopic (exact) mass is 566 g/mol. The minimum Gasteiger partial charge on any atom is -0.508 e. The van der Waals surface area contributed by atoms with Gasteiger partial charge in [0, 0.05) is 26.1 Å². The number of ether oxygens (including phenoxy) is 5. The van der Waals surface area contributed by atoms with Crippen LogP contribution in [0.25, 0.3) is 20.5 Å². The number of carbonyl (C=O) groups is 1. The summed E-state index contributed by atoms with van der Waals surface area (Å²) in [5, 5.41) is 29.4. The number of epoxide rings is 1. The van der Waals surface area contributed by atoms with Gasteiger partial charge in [-0.15, -0.1) is 11.3 Å². The third kappa shape index (κ3) is 7.16. The van der Waals surface area contributed by atoms with Gasteiger partial charge in [0.25, 0.3) is 0 Å². The second-order valence-electron chi connectivity index (χ2n) is 9.10. The molecule has 0 aliphatic carbocycles. The SMILES string of the molecule is O=C(c1ccc(OCCOCCOCCOCC2OC2O)cc1)c1c(-c2ccc(O)cc2)sc2cc(O)ccc12. The van der Waals surface area contributed by atoms with Crippen LogP contribution in [0.1, 0.15) is 15.9 Å². The zero-order valence-corrected chi connectivity index (χ0v) is 22.5. The normalized spacial score (nSPS) is 16.3. The molecular formula is C30H30O9S. The zero-order valence-electron chi connectivity index (χ0n) is 21.7. The molecule has 1 saturated heterocycles. The van der Waals surface area contributed by atoms with E-state index >= 15 is 0 Å². The van der Waals surface area contributed by atoms with E-state index < -0.39 is 6.29 Å². The van der Waals surface area contributed by atoms with E-state index in [1.54, 1.807) is 66.7 Å². The van der Waals surface area contributed by atoms with Gasteiger partial charge >= 0.3 is 0 Å². The molecule has 3 aromatic carbocycles. The van der Waals surface area contributed by atoms with Crippen molar-refractivity contribution in [2.75, 3.05) is 46.2 Å². The average molecular weight is 567 g/mol. The van der Waals surface area contributed by atoms with Crippen LogP contribution in [0.2, 0.25) is 0 Å². The van der Waals surface area contributed by atoms with Crippen molar-refractivity contribution in [3.63, 3.8) is 0 Å². The molecule has 5 rings (SSSR count). The summed E-state index contributed by atoms with van der Waals surface area (Å²) in [6, 6.07) is 18.7. The minimum atomic E-state index is -0.688. The van der Waals surface area contributed by atoms with Gasteiger partial charge in [-0.1, -0.05) is 0 Å². The smallest absolute Gasteiger partial charge is 0.195 e. The molecule has 2 atom stereocenters. The van der Waals surface area contributed by atoms with Gasteiger partial charge in [0.1, 0.15) is 30.0 Å². The molecule has 2 unspecified atom stereocenters. The van der Waals surface area contributed by atoms with E-state index in [2.05, 4.69) is 0 Å². The standard InChI is InChI=1S/C30H30O9S/c31-21-5-1-20(2-6-21)29-27(24-10-7-22(32)17-26(24)40-29)28(33)19-3-8-23(9-4-19)38-16-15-36-12-11-35-13-14-37-18-25-30(34)39-25/h1-10,17,25,30-32,34H,11-16,18H2. The van der Waals surface area contributed by atoms with Gasteiger partial charge in [0.05, 0.1) is 39.6 Å². The molecule has 1 aliphatic rings. The van der Waals surface area contributed by atoms with Crippen molar-refractivity contribution in [3.05, 3.63) is 77.9 Å². The first kappa shape index (κ1) is 28.0. The van der Waals surface area contributed by atoms with Crippen molar-refractivity contribution in [2.45, 2.75) is 12.4 Å². The lowest BCUT2D eigenvalue weighted by Crippen LogP contribution is -2.14. The summed E-state index contributed by atoms with van der Waals surface area (Å²) in [5.74, 6) is 0.763. The third-order valence-corrected chi connectivity index (χ3v) is 7.43. The van der Waals surface area contributed by atoms with E-state index in [1.165, 1.54) is 11.3 Å². The molecule has 0 saturated carbocycles. The Hall–Kier alpha value is -3.51. The number of phenolic OH excluding ortho intramolecular Hbond substituents is 2. The molecule has 0 spiro atoms. The molecule has 0 bridgehead atoms. The lowest BCUT2D eigenvalue weighted by Gasteiger charge is -2.09. The van der Waals surface area contributed by atoms with Crippen LogP contribution < -0.4 is 4.74 Å². The number of carbonyl (C=O) groups excluding carboxylic acids is 1. The molecule has 0 amide bonds. The summed E-state index contributed by atoms with van der Waals surface area (Å²) < 4.78 is 27.6. The fourth-order valence-electron chi connectivity index (χ4n) is 4.09. The summed E-state index contributed by atoms with van der Waals surface area (Å²) in [6.45, 7) is 2.84. The Labute approximate surface area is 235 Å². The molecule has 1 fully saturated rings. The number of fused-ring (bicyclic) bond motifs is 1. The van der Waals surface area contributed by atoms with Crippen molar-refractivity contribution in [1.29, 1.82) is 0 Å². The largest absolute Gasteiger partial charge is 0.508 e. The Bertz CT molecular complexity index is 1420. The highest BCUT2D eigenvalue weighted by Crippen LogP contribution is 2.41. The molecule has 9 nitrogen and oxygen atoms in total. The highest BCUT2D eigenvalue weighted by Gasteiger charge is 2.36. The fraction of sp³-hybridized carbons (Fsp3) is 0.300. The van der Waals surface area contributed by atoms with Crippen LogP contribution in [0, 0.1) is 0 Å². The third-order valence-electron chi connectivity index (χ3n) is 6.22. The molecule has 10 heteroatoms. The molecule has 2 heterocycles. The number of aliphatic hydroxyl groups is 1. The number of benzene rings is 3. The predicted molar refractivity (Wildman–Crippen MR) is 149 cm³/mol. The lowest BCUT2D eigenvalue weighted by molar-refractivity contribution is 0.00702. The van der Waals surface area contributed by atoms with Gasteiger partial charge in [-0.05, 0) is 72.3 Å². The van der Waals surface area contributed by atoms with Gasteiger partial charge in [-0.25, -0.2) is 0 Å². The van der Waals surface area contributed by atoms with Gasteiger partial charge in [0.15, 0.2) is 12.1 Å². The van der Waals surface area contributed by atoms with Crippen LogP contribution in [0.5, 0.6) is 17.2 Å². The Balaban J connectivity index is 1.11. The van der Waals surface area contributed by atoms with Crippen LogP contribution in [-0.4, -0.2) is 79.7 Å². The molecule has 40 heavy (non-hydrogen) atoms. The average Bonchev–Trinajstić information content (AvgIpc) is 3.54. The van der Waals surface area contributed by atoms with Crippen LogP contribution in [0.15, 0.2) is 66.7 Å². The van der Waals surface area contributed by atoms with Crippen molar-refractivity contribution >= 4 is 27.2 Å². The van der Waals surface area contributed by atoms with E-state index in [0.717, 1.165) is 20.5 Å². The van der Waals surface area contributed by atoms with Crippen molar-refractivity contribution in [2.24, 2.45) is 0 Å². The highest BCUT2D eigenvalue weighted by atomic mass is 32.1. The van der Waals surface area contributed by atoms with E-state index in [-0.39, 0.29) is 23.4 Å². The summed E-state index contributed by atoms with van der Waals surface area (Å²) in [6.07, 6.45) is -0.895. The topological polar surface area (TPSA) is 127 Å². The van der Waals surface area contributed by atoms with Crippen molar-refractivity contribution in [1.82, 2.24) is 0 Å². The van der Waals surface area contributed by atoms with E-state index in [1.807, 2.05) is 0 Å². The lowest BCUT2D eigenvalue weighted by atomic mass is 9.97. The maximum absolute atomic E-state index is 13.7. The molecule has 0 radical (unpaired) electrons. The van der Waals surface area contributed by atoms with Gasteiger partial charge < -0.3 is 39.0 Å². The summed E-state index contributed by atoms with van der Waals surface area (Å²) in [7, 11) is 0. The fourth-order valence-corrected chi connectivity index (χ4v) is 5.33. The van der Waals surface area contributed by atoms with E-state index in [0.29, 0.717) is 63.1 Å². The highest BCUT2D eigenvalue weighted by molar-refractivity contribution is 7.22. The number of aromatic hydroxyl groups is 2. The number of hydrogen-bond acceptors (Lipinski definition) is 10. The second kappa shape index (κ2) is 13.2. The van der Waals surface area contributed by atoms with Crippen molar-refractivity contribution in [3.8, 4) is 27.7 Å². The van der Waals surface area contributed by atoms with Gasteiger partial charge in [-0.3, -0.25) is 4.79 Å². The number of phenols is 2. The quantitative estimate of drug-likeness (QED) is 0.109. The summed E-state index contributed by atoms with van der Waals surface area (Å²) in [5.41, 5.74) is 1.88. The molecule has 1 aromatic heterocycles. The van der Waals surface area contributed by atoms with Gasteiger partial charge in [0.2, 0.25) is 0 Å². The number of hydrogen-bond donors (Lipinski definition) is 3. The second-order valence-corrected chi connectivity index (χ2v) is 10.2. The Morgan fingerprint density at radius 2 is 1.43 bits per heavy atom. The Morgan fingerprint density at radius 3 is 2.10 bits per heavy atom. The maximum atomic E-state index is 13.7. The van der Waals surface area contributed by atoms with E-state index in [9.17, 15) is 15.0 Å². The van der Waals surface area contributed by atoms with Gasteiger partial charge in [-0.2, -0.15) is 0 Å². The molecule has 1 aliphatic heterocycles. The van der Waals surface area contributed by atoms with Crippen LogP contribution in [0.3, 0.4) is 0 Å². The van der Waals surface area contributed by atoms with Crippen LogP contribution in [0.4, 0.5) is 0 Å². The number of thiophene rings is 1. The first-order valence-electron chi connectivity index (χ1n) is 12.9. The predicted octanol–water partition coefficient (Wildman–Crippen LogP) is 4.36. The Morgan fingerprint density at radius 1 is 0.800 bits per heavy atom. The number of aliphatic hydroxyl groups excluding tert-OH is 1. The van der Waals surface area contributed by atoms with Crippen LogP contribution in [-0.2, 0) is 18.9 Å².